The summed E-state index contributed by atoms with van der Waals surface area (Å²) in [5, 5.41) is 0. The summed E-state index contributed by atoms with van der Waals surface area (Å²) in [4.78, 5) is 25.5. The Hall–Kier alpha value is -1.84. The lowest BCUT2D eigenvalue weighted by Crippen LogP contribution is -2.41. The van der Waals surface area contributed by atoms with Crippen molar-refractivity contribution in [2.24, 2.45) is 0 Å². The Bertz CT molecular complexity index is 454. The van der Waals surface area contributed by atoms with Gasteiger partial charge in [0.05, 0.1) is 7.11 Å². The van der Waals surface area contributed by atoms with Crippen LogP contribution >= 0.6 is 0 Å². The van der Waals surface area contributed by atoms with Crippen LogP contribution in [0, 0.1) is 0 Å². The number of benzene rings is 1. The molecule has 0 unspecified atom stereocenters. The van der Waals surface area contributed by atoms with Gasteiger partial charge in [-0.2, -0.15) is 0 Å². The summed E-state index contributed by atoms with van der Waals surface area (Å²) < 4.78 is 4.64. The van der Waals surface area contributed by atoms with Crippen molar-refractivity contribution in [3.8, 4) is 0 Å². The maximum atomic E-state index is 12.5. The van der Waals surface area contributed by atoms with E-state index in [1.807, 2.05) is 39.0 Å². The Labute approximate surface area is 114 Å². The number of nitrogens with zero attached hydrogens (tertiary/aromatic N) is 1. The first-order chi connectivity index (χ1) is 9.01. The summed E-state index contributed by atoms with van der Waals surface area (Å²) >= 11 is 0. The van der Waals surface area contributed by atoms with Crippen molar-refractivity contribution >= 4 is 11.9 Å². The van der Waals surface area contributed by atoms with Crippen LogP contribution in [0.25, 0.3) is 0 Å². The van der Waals surface area contributed by atoms with Crippen LogP contribution in [-0.2, 0) is 16.0 Å². The molecule has 0 aliphatic rings. The minimum atomic E-state index is -0.406. The van der Waals surface area contributed by atoms with Gasteiger partial charge >= 0.3 is 5.97 Å². The molecule has 1 rings (SSSR count). The molecule has 0 fully saturated rings. The molecule has 0 heterocycles. The third-order valence-electron chi connectivity index (χ3n) is 3.04. The third-order valence-corrected chi connectivity index (χ3v) is 3.04. The van der Waals surface area contributed by atoms with Crippen molar-refractivity contribution in [1.29, 1.82) is 0 Å². The fourth-order valence-electron chi connectivity index (χ4n) is 1.88. The van der Waals surface area contributed by atoms with E-state index in [0.717, 1.165) is 12.0 Å². The summed E-state index contributed by atoms with van der Waals surface area (Å²) in [6, 6.07) is 7.42. The van der Waals surface area contributed by atoms with E-state index in [0.29, 0.717) is 5.56 Å². The number of ether oxygens (including phenoxy) is 1. The maximum Gasteiger partial charge on any atom is 0.325 e. The number of carbonyl (C=O) groups is 2. The van der Waals surface area contributed by atoms with Gasteiger partial charge < -0.3 is 9.64 Å². The second-order valence-electron chi connectivity index (χ2n) is 4.61. The zero-order valence-corrected chi connectivity index (χ0v) is 12.0. The fraction of sp³-hybridized carbons (Fsp3) is 0.467. The fourth-order valence-corrected chi connectivity index (χ4v) is 1.88. The van der Waals surface area contributed by atoms with Gasteiger partial charge in [-0.15, -0.1) is 0 Å². The van der Waals surface area contributed by atoms with Crippen LogP contribution in [0.2, 0.25) is 0 Å². The topological polar surface area (TPSA) is 46.6 Å². The highest BCUT2D eigenvalue weighted by Crippen LogP contribution is 2.14. The Morgan fingerprint density at radius 1 is 1.26 bits per heavy atom. The van der Waals surface area contributed by atoms with Crippen LogP contribution in [0.4, 0.5) is 0 Å². The molecule has 1 aromatic carbocycles. The number of methoxy groups -OCH3 is 1. The normalized spacial score (nSPS) is 10.4. The molecule has 0 spiro atoms. The average molecular weight is 263 g/mol. The second kappa shape index (κ2) is 6.92. The molecule has 4 heteroatoms. The molecule has 0 saturated heterocycles. The molecule has 1 aromatic rings. The van der Waals surface area contributed by atoms with Gasteiger partial charge in [0.1, 0.15) is 6.54 Å². The smallest absolute Gasteiger partial charge is 0.325 e. The Balaban J connectivity index is 3.02. The predicted molar refractivity (Wildman–Crippen MR) is 74.0 cm³/mol. The summed E-state index contributed by atoms with van der Waals surface area (Å²) in [5.41, 5.74) is 1.64. The number of hydrogen-bond donors (Lipinski definition) is 0. The Morgan fingerprint density at radius 3 is 2.42 bits per heavy atom. The lowest BCUT2D eigenvalue weighted by molar-refractivity contribution is -0.141. The molecule has 0 N–H and O–H groups in total. The molecule has 0 atom stereocenters. The standard InChI is InChI=1S/C15H21NO3/c1-5-12-8-6-7-9-13(12)15(18)16(11(2)3)10-14(17)19-4/h6-9,11H,5,10H2,1-4H3. The maximum absolute atomic E-state index is 12.5. The first-order valence-corrected chi connectivity index (χ1v) is 6.46. The Morgan fingerprint density at radius 2 is 1.89 bits per heavy atom. The van der Waals surface area contributed by atoms with Crippen LogP contribution in [0.1, 0.15) is 36.7 Å². The van der Waals surface area contributed by atoms with E-state index >= 15 is 0 Å². The summed E-state index contributed by atoms with van der Waals surface area (Å²) in [6.07, 6.45) is 0.784. The van der Waals surface area contributed by atoms with E-state index in [1.54, 1.807) is 6.07 Å². The van der Waals surface area contributed by atoms with Gasteiger partial charge in [0, 0.05) is 11.6 Å². The van der Waals surface area contributed by atoms with Crippen molar-refractivity contribution in [3.63, 3.8) is 0 Å². The van der Waals surface area contributed by atoms with E-state index in [2.05, 4.69) is 4.74 Å². The number of esters is 1. The molecular weight excluding hydrogens is 242 g/mol. The molecule has 0 saturated carbocycles. The summed E-state index contributed by atoms with van der Waals surface area (Å²) in [7, 11) is 1.32. The number of hydrogen-bond acceptors (Lipinski definition) is 3. The first kappa shape index (κ1) is 15.2. The zero-order valence-electron chi connectivity index (χ0n) is 12.0. The largest absolute Gasteiger partial charge is 0.468 e. The molecule has 104 valence electrons. The number of carbonyl (C=O) groups excluding carboxylic acids is 2. The van der Waals surface area contributed by atoms with Crippen molar-refractivity contribution in [2.75, 3.05) is 13.7 Å². The number of aryl methyl sites for hydroxylation is 1. The molecule has 0 radical (unpaired) electrons. The van der Waals surface area contributed by atoms with Gasteiger partial charge in [0.15, 0.2) is 0 Å². The number of amides is 1. The number of rotatable bonds is 5. The van der Waals surface area contributed by atoms with E-state index in [4.69, 9.17) is 0 Å². The molecule has 0 aliphatic carbocycles. The molecule has 0 aliphatic heterocycles. The SMILES string of the molecule is CCc1ccccc1C(=O)N(CC(=O)OC)C(C)C. The first-order valence-electron chi connectivity index (χ1n) is 6.46. The molecule has 19 heavy (non-hydrogen) atoms. The van der Waals surface area contributed by atoms with E-state index in [1.165, 1.54) is 12.0 Å². The van der Waals surface area contributed by atoms with Crippen LogP contribution in [-0.4, -0.2) is 36.5 Å². The lowest BCUT2D eigenvalue weighted by atomic mass is 10.0. The minimum Gasteiger partial charge on any atom is -0.468 e. The van der Waals surface area contributed by atoms with Gasteiger partial charge in [0.2, 0.25) is 0 Å². The Kier molecular flexibility index (Phi) is 5.55. The molecule has 4 nitrogen and oxygen atoms in total. The van der Waals surface area contributed by atoms with Crippen LogP contribution in [0.5, 0.6) is 0 Å². The highest BCUT2D eigenvalue weighted by atomic mass is 16.5. The van der Waals surface area contributed by atoms with E-state index in [9.17, 15) is 9.59 Å². The molecule has 0 aromatic heterocycles. The van der Waals surface area contributed by atoms with Crippen LogP contribution in [0.3, 0.4) is 0 Å². The van der Waals surface area contributed by atoms with E-state index < -0.39 is 5.97 Å². The van der Waals surface area contributed by atoms with Gasteiger partial charge in [-0.05, 0) is 31.9 Å². The molecule has 0 bridgehead atoms. The second-order valence-corrected chi connectivity index (χ2v) is 4.61. The van der Waals surface area contributed by atoms with Crippen LogP contribution < -0.4 is 0 Å². The van der Waals surface area contributed by atoms with Gasteiger partial charge in [0.25, 0.3) is 5.91 Å². The van der Waals surface area contributed by atoms with Crippen molar-refractivity contribution in [3.05, 3.63) is 35.4 Å². The van der Waals surface area contributed by atoms with Gasteiger partial charge in [-0.1, -0.05) is 25.1 Å². The zero-order chi connectivity index (χ0) is 14.4. The highest BCUT2D eigenvalue weighted by Gasteiger charge is 2.23. The molecular formula is C15H21NO3. The van der Waals surface area contributed by atoms with Crippen molar-refractivity contribution in [1.82, 2.24) is 4.90 Å². The predicted octanol–water partition coefficient (Wildman–Crippen LogP) is 2.27. The van der Waals surface area contributed by atoms with E-state index in [-0.39, 0.29) is 18.5 Å². The van der Waals surface area contributed by atoms with Gasteiger partial charge in [-0.3, -0.25) is 9.59 Å². The quantitative estimate of drug-likeness (QED) is 0.766. The average Bonchev–Trinajstić information content (AvgIpc) is 2.43. The highest BCUT2D eigenvalue weighted by molar-refractivity contribution is 5.97. The van der Waals surface area contributed by atoms with Crippen molar-refractivity contribution in [2.45, 2.75) is 33.2 Å². The summed E-state index contributed by atoms with van der Waals surface area (Å²) in [5.74, 6) is -0.533. The summed E-state index contributed by atoms with van der Waals surface area (Å²) in [6.45, 7) is 5.75. The third kappa shape index (κ3) is 3.81. The van der Waals surface area contributed by atoms with Gasteiger partial charge in [-0.25, -0.2) is 0 Å². The van der Waals surface area contributed by atoms with Crippen molar-refractivity contribution < 1.29 is 14.3 Å². The minimum absolute atomic E-state index is 0.0228. The molecule has 1 amide bonds. The lowest BCUT2D eigenvalue weighted by Gasteiger charge is -2.26. The van der Waals surface area contributed by atoms with Crippen LogP contribution in [0.15, 0.2) is 24.3 Å². The monoisotopic (exact) mass is 263 g/mol.